The van der Waals surface area contributed by atoms with E-state index in [4.69, 9.17) is 0 Å². The molecular weight excluding hydrogens is 356 g/mol. The van der Waals surface area contributed by atoms with E-state index in [2.05, 4.69) is 19.2 Å². The number of carbonyl (C=O) groups excluding carboxylic acids is 3. The van der Waals surface area contributed by atoms with Gasteiger partial charge in [0.15, 0.2) is 0 Å². The second-order valence-electron chi connectivity index (χ2n) is 8.01. The average molecular weight is 386 g/mol. The highest BCUT2D eigenvalue weighted by Gasteiger charge is 2.37. The zero-order valence-corrected chi connectivity index (χ0v) is 16.8. The van der Waals surface area contributed by atoms with Gasteiger partial charge in [-0.25, -0.2) is 4.79 Å². The molecule has 1 aromatic carbocycles. The van der Waals surface area contributed by atoms with Crippen LogP contribution in [0, 0.1) is 5.92 Å². The zero-order valence-electron chi connectivity index (χ0n) is 16.8. The van der Waals surface area contributed by atoms with Crippen molar-refractivity contribution in [3.8, 4) is 0 Å². The van der Waals surface area contributed by atoms with E-state index in [1.165, 1.54) is 0 Å². The number of benzene rings is 1. The minimum Gasteiger partial charge on any atom is -0.338 e. The highest BCUT2D eigenvalue weighted by Crippen LogP contribution is 2.20. The summed E-state index contributed by atoms with van der Waals surface area (Å²) in [7, 11) is 0. The van der Waals surface area contributed by atoms with E-state index in [1.54, 1.807) is 14.7 Å². The summed E-state index contributed by atoms with van der Waals surface area (Å²) in [4.78, 5) is 42.6. The maximum atomic E-state index is 12.7. The predicted octanol–water partition coefficient (Wildman–Crippen LogP) is 1.69. The van der Waals surface area contributed by atoms with Crippen LogP contribution in [-0.2, 0) is 16.1 Å². The third-order valence-corrected chi connectivity index (χ3v) is 5.41. The number of hydrogen-bond donors (Lipinski definition) is 1. The molecule has 2 saturated heterocycles. The minimum atomic E-state index is -0.424. The molecule has 7 heteroatoms. The number of rotatable bonds is 5. The molecule has 0 bridgehead atoms. The van der Waals surface area contributed by atoms with E-state index in [0.717, 1.165) is 5.56 Å². The Kier molecular flexibility index (Phi) is 6.54. The molecule has 1 N–H and O–H groups in total. The maximum absolute atomic E-state index is 12.7. The van der Waals surface area contributed by atoms with Crippen LogP contribution < -0.4 is 5.32 Å². The van der Waals surface area contributed by atoms with Gasteiger partial charge < -0.3 is 20.0 Å². The molecule has 0 aromatic heterocycles. The van der Waals surface area contributed by atoms with Gasteiger partial charge in [-0.2, -0.15) is 0 Å². The second kappa shape index (κ2) is 9.08. The summed E-state index contributed by atoms with van der Waals surface area (Å²) in [5, 5.41) is 2.94. The van der Waals surface area contributed by atoms with Crippen LogP contribution in [0.3, 0.4) is 0 Å². The SMILES string of the molecule is CC(C)CNC(=O)N1CCC(N2CCN(Cc3ccccc3)C(=O)C2=O)CC1. The van der Waals surface area contributed by atoms with Gasteiger partial charge in [-0.05, 0) is 24.3 Å². The first kappa shape index (κ1) is 20.2. The number of nitrogens with one attached hydrogen (secondary N) is 1. The Morgan fingerprint density at radius 3 is 2.36 bits per heavy atom. The topological polar surface area (TPSA) is 73.0 Å². The Bertz CT molecular complexity index is 699. The van der Waals surface area contributed by atoms with Crippen LogP contribution in [0.4, 0.5) is 4.79 Å². The molecule has 2 heterocycles. The first-order valence-corrected chi connectivity index (χ1v) is 10.1. The smallest absolute Gasteiger partial charge is 0.317 e. The number of likely N-dealkylation sites (tertiary alicyclic amines) is 1. The number of piperidine rings is 1. The second-order valence-corrected chi connectivity index (χ2v) is 8.01. The Morgan fingerprint density at radius 1 is 1.04 bits per heavy atom. The molecule has 2 aliphatic rings. The third-order valence-electron chi connectivity index (χ3n) is 5.41. The van der Waals surface area contributed by atoms with E-state index < -0.39 is 11.8 Å². The van der Waals surface area contributed by atoms with Gasteiger partial charge in [-0.3, -0.25) is 9.59 Å². The first-order valence-electron chi connectivity index (χ1n) is 10.1. The van der Waals surface area contributed by atoms with Crippen molar-refractivity contribution in [1.82, 2.24) is 20.0 Å². The fraction of sp³-hybridized carbons (Fsp3) is 0.571. The number of amides is 4. The van der Waals surface area contributed by atoms with Crippen LogP contribution in [0.5, 0.6) is 0 Å². The van der Waals surface area contributed by atoms with Gasteiger partial charge in [0.25, 0.3) is 0 Å². The lowest BCUT2D eigenvalue weighted by molar-refractivity contribution is -0.158. The monoisotopic (exact) mass is 386 g/mol. The summed E-state index contributed by atoms with van der Waals surface area (Å²) in [5.41, 5.74) is 1.03. The molecule has 0 unspecified atom stereocenters. The van der Waals surface area contributed by atoms with Gasteiger partial charge in [-0.1, -0.05) is 44.2 Å². The third kappa shape index (κ3) is 4.82. The van der Waals surface area contributed by atoms with Gasteiger partial charge in [-0.15, -0.1) is 0 Å². The number of urea groups is 1. The molecule has 0 saturated carbocycles. The molecule has 4 amide bonds. The van der Waals surface area contributed by atoms with Crippen LogP contribution in [0.25, 0.3) is 0 Å². The molecule has 0 atom stereocenters. The van der Waals surface area contributed by atoms with Crippen molar-refractivity contribution in [2.24, 2.45) is 5.92 Å². The summed E-state index contributed by atoms with van der Waals surface area (Å²) >= 11 is 0. The quantitative estimate of drug-likeness (QED) is 0.783. The maximum Gasteiger partial charge on any atom is 0.317 e. The molecule has 0 aliphatic carbocycles. The van der Waals surface area contributed by atoms with Gasteiger partial charge in [0.05, 0.1) is 0 Å². The summed E-state index contributed by atoms with van der Waals surface area (Å²) in [6.07, 6.45) is 1.43. The lowest BCUT2D eigenvalue weighted by atomic mass is 10.0. The largest absolute Gasteiger partial charge is 0.338 e. The standard InChI is InChI=1S/C21H30N4O3/c1-16(2)14-22-21(28)23-10-8-18(9-11-23)25-13-12-24(19(26)20(25)27)15-17-6-4-3-5-7-17/h3-7,16,18H,8-15H2,1-2H3,(H,22,28). The highest BCUT2D eigenvalue weighted by atomic mass is 16.2. The van der Waals surface area contributed by atoms with Gasteiger partial charge in [0, 0.05) is 45.3 Å². The molecule has 152 valence electrons. The van der Waals surface area contributed by atoms with E-state index >= 15 is 0 Å². The lowest BCUT2D eigenvalue weighted by Crippen LogP contribution is -2.59. The molecule has 3 rings (SSSR count). The van der Waals surface area contributed by atoms with Crippen LogP contribution in [0.1, 0.15) is 32.3 Å². The van der Waals surface area contributed by atoms with E-state index in [0.29, 0.717) is 58.0 Å². The van der Waals surface area contributed by atoms with Crippen LogP contribution >= 0.6 is 0 Å². The summed E-state index contributed by atoms with van der Waals surface area (Å²) in [5.74, 6) is -0.422. The predicted molar refractivity (Wildman–Crippen MR) is 106 cm³/mol. The van der Waals surface area contributed by atoms with Crippen LogP contribution in [0.2, 0.25) is 0 Å². The Morgan fingerprint density at radius 2 is 1.71 bits per heavy atom. The van der Waals surface area contributed by atoms with Crippen molar-refractivity contribution in [2.45, 2.75) is 39.3 Å². The first-order chi connectivity index (χ1) is 13.5. The fourth-order valence-corrected chi connectivity index (χ4v) is 3.78. The molecule has 1 aromatic rings. The van der Waals surface area contributed by atoms with Crippen molar-refractivity contribution in [2.75, 3.05) is 32.7 Å². The Balaban J connectivity index is 1.50. The van der Waals surface area contributed by atoms with E-state index in [9.17, 15) is 14.4 Å². The molecule has 28 heavy (non-hydrogen) atoms. The average Bonchev–Trinajstić information content (AvgIpc) is 2.71. The molecule has 7 nitrogen and oxygen atoms in total. The fourth-order valence-electron chi connectivity index (χ4n) is 3.78. The highest BCUT2D eigenvalue weighted by molar-refractivity contribution is 6.35. The van der Waals surface area contributed by atoms with Gasteiger partial charge >= 0.3 is 17.8 Å². The number of piperazine rings is 1. The van der Waals surface area contributed by atoms with Gasteiger partial charge in [0.1, 0.15) is 0 Å². The normalized spacial score (nSPS) is 18.8. The van der Waals surface area contributed by atoms with E-state index in [1.807, 2.05) is 30.3 Å². The van der Waals surface area contributed by atoms with Crippen molar-refractivity contribution in [3.63, 3.8) is 0 Å². The number of hydrogen-bond acceptors (Lipinski definition) is 3. The zero-order chi connectivity index (χ0) is 20.1. The molecule has 2 aliphatic heterocycles. The Labute approximate surface area is 166 Å². The molecule has 0 radical (unpaired) electrons. The Hall–Kier alpha value is -2.57. The van der Waals surface area contributed by atoms with Crippen molar-refractivity contribution in [3.05, 3.63) is 35.9 Å². The van der Waals surface area contributed by atoms with Crippen molar-refractivity contribution < 1.29 is 14.4 Å². The lowest BCUT2D eigenvalue weighted by Gasteiger charge is -2.42. The number of carbonyl (C=O) groups is 3. The number of nitrogens with zero attached hydrogens (tertiary/aromatic N) is 3. The van der Waals surface area contributed by atoms with Crippen molar-refractivity contribution >= 4 is 17.8 Å². The molecular formula is C21H30N4O3. The van der Waals surface area contributed by atoms with Crippen LogP contribution in [0.15, 0.2) is 30.3 Å². The summed E-state index contributed by atoms with van der Waals surface area (Å²) in [6.45, 7) is 7.58. The summed E-state index contributed by atoms with van der Waals surface area (Å²) < 4.78 is 0. The van der Waals surface area contributed by atoms with Crippen molar-refractivity contribution in [1.29, 1.82) is 0 Å². The summed E-state index contributed by atoms with van der Waals surface area (Å²) in [6, 6.07) is 9.72. The molecule has 0 spiro atoms. The van der Waals surface area contributed by atoms with Crippen LogP contribution in [-0.4, -0.2) is 71.3 Å². The van der Waals surface area contributed by atoms with E-state index in [-0.39, 0.29) is 12.1 Å². The van der Waals surface area contributed by atoms with Gasteiger partial charge in [0.2, 0.25) is 0 Å². The minimum absolute atomic E-state index is 0.0319. The molecule has 2 fully saturated rings.